The Labute approximate surface area is 264 Å². The van der Waals surface area contributed by atoms with Crippen LogP contribution in [-0.2, 0) is 25.6 Å². The van der Waals surface area contributed by atoms with E-state index in [-0.39, 0.29) is 36.1 Å². The van der Waals surface area contributed by atoms with Crippen LogP contribution in [0.2, 0.25) is 0 Å². The van der Waals surface area contributed by atoms with Gasteiger partial charge in [0.1, 0.15) is 6.04 Å². The Morgan fingerprint density at radius 3 is 2.09 bits per heavy atom. The van der Waals surface area contributed by atoms with E-state index in [1.165, 1.54) is 6.92 Å². The van der Waals surface area contributed by atoms with Gasteiger partial charge in [-0.05, 0) is 85.7 Å². The molecule has 4 aromatic rings. The molecule has 2 aromatic heterocycles. The summed E-state index contributed by atoms with van der Waals surface area (Å²) in [6.07, 6.45) is 3.76. The highest BCUT2D eigenvalue weighted by Gasteiger charge is 2.34. The number of nitrogens with one attached hydrogen (secondary N) is 2. The fourth-order valence-corrected chi connectivity index (χ4v) is 6.66. The average Bonchev–Trinajstić information content (AvgIpc) is 3.85. The van der Waals surface area contributed by atoms with E-state index >= 15 is 0 Å². The van der Waals surface area contributed by atoms with Crippen molar-refractivity contribution >= 4 is 46.3 Å². The fourth-order valence-electron chi connectivity index (χ4n) is 5.96. The van der Waals surface area contributed by atoms with Gasteiger partial charge in [0.05, 0.1) is 6.42 Å². The topological polar surface area (TPSA) is 138 Å². The van der Waals surface area contributed by atoms with E-state index in [0.29, 0.717) is 60.2 Å². The van der Waals surface area contributed by atoms with Gasteiger partial charge >= 0.3 is 0 Å². The number of thiophene rings is 1. The van der Waals surface area contributed by atoms with Gasteiger partial charge in [-0.3, -0.25) is 19.2 Å². The molecule has 2 N–H and O–H groups in total. The molecule has 11 nitrogen and oxygen atoms in total. The molecule has 2 aromatic carbocycles. The summed E-state index contributed by atoms with van der Waals surface area (Å²) < 4.78 is 5.91. The molecular formula is C33H34N6O5S. The van der Waals surface area contributed by atoms with E-state index in [2.05, 4.69) is 20.8 Å². The Kier molecular flexibility index (Phi) is 9.01. The SMILES string of the molecule is CC(=O)N1CCC[C@H]1CC(=O)Nc1ccc(-c2nnc(-c3ccc(NC(=O)[C@@H]4CCCN4C(=O)Cc4cccs4)cc3)o2)cc1. The number of nitrogens with zero attached hydrogens (tertiary/aromatic N) is 4. The lowest BCUT2D eigenvalue weighted by Crippen LogP contribution is -2.43. The van der Waals surface area contributed by atoms with Gasteiger partial charge in [-0.2, -0.15) is 0 Å². The normalized spacial score (nSPS) is 17.8. The number of carbonyl (C=O) groups is 4. The summed E-state index contributed by atoms with van der Waals surface area (Å²) in [4.78, 5) is 54.7. The van der Waals surface area contributed by atoms with Crippen molar-refractivity contribution in [3.63, 3.8) is 0 Å². The first-order valence-electron chi connectivity index (χ1n) is 15.1. The van der Waals surface area contributed by atoms with Crippen LogP contribution in [0.25, 0.3) is 22.9 Å². The molecule has 2 saturated heterocycles. The molecule has 12 heteroatoms. The Hall–Kier alpha value is -4.84. The van der Waals surface area contributed by atoms with Crippen molar-refractivity contribution in [2.75, 3.05) is 23.7 Å². The molecule has 0 spiro atoms. The first-order valence-corrected chi connectivity index (χ1v) is 16.0. The zero-order chi connectivity index (χ0) is 31.3. The van der Waals surface area contributed by atoms with E-state index in [4.69, 9.17) is 4.42 Å². The molecule has 2 fully saturated rings. The fraction of sp³-hybridized carbons (Fsp3) is 0.333. The van der Waals surface area contributed by atoms with Gasteiger partial charge in [0.25, 0.3) is 0 Å². The lowest BCUT2D eigenvalue weighted by molar-refractivity contribution is -0.136. The summed E-state index contributed by atoms with van der Waals surface area (Å²) in [5.74, 6) is 0.296. The van der Waals surface area contributed by atoms with E-state index in [1.54, 1.807) is 69.7 Å². The van der Waals surface area contributed by atoms with Crippen molar-refractivity contribution in [2.24, 2.45) is 0 Å². The van der Waals surface area contributed by atoms with E-state index in [0.717, 1.165) is 24.1 Å². The van der Waals surface area contributed by atoms with Crippen molar-refractivity contribution < 1.29 is 23.6 Å². The highest BCUT2D eigenvalue weighted by Crippen LogP contribution is 2.27. The molecule has 2 aliphatic rings. The maximum Gasteiger partial charge on any atom is 0.248 e. The second-order valence-corrected chi connectivity index (χ2v) is 12.4. The molecule has 2 atom stereocenters. The summed E-state index contributed by atoms with van der Waals surface area (Å²) in [7, 11) is 0. The van der Waals surface area contributed by atoms with Gasteiger partial charge in [0.2, 0.25) is 35.4 Å². The predicted octanol–water partition coefficient (Wildman–Crippen LogP) is 4.98. The molecule has 0 unspecified atom stereocenters. The van der Waals surface area contributed by atoms with Crippen LogP contribution < -0.4 is 10.6 Å². The minimum Gasteiger partial charge on any atom is -0.416 e. The largest absolute Gasteiger partial charge is 0.416 e. The number of aromatic nitrogens is 2. The zero-order valence-corrected chi connectivity index (χ0v) is 25.7. The van der Waals surface area contributed by atoms with Crippen LogP contribution in [0, 0.1) is 0 Å². The third-order valence-corrected chi connectivity index (χ3v) is 9.10. The lowest BCUT2D eigenvalue weighted by atomic mass is 10.1. The monoisotopic (exact) mass is 626 g/mol. The van der Waals surface area contributed by atoms with Gasteiger partial charge in [-0.25, -0.2) is 0 Å². The lowest BCUT2D eigenvalue weighted by Gasteiger charge is -2.24. The van der Waals surface area contributed by atoms with Crippen LogP contribution >= 0.6 is 11.3 Å². The van der Waals surface area contributed by atoms with Gasteiger partial charge < -0.3 is 24.9 Å². The highest BCUT2D eigenvalue weighted by atomic mass is 32.1. The molecule has 4 heterocycles. The van der Waals surface area contributed by atoms with Crippen molar-refractivity contribution in [2.45, 2.75) is 57.5 Å². The van der Waals surface area contributed by atoms with Crippen molar-refractivity contribution in [3.8, 4) is 22.9 Å². The molecule has 0 aliphatic carbocycles. The Balaban J connectivity index is 1.03. The van der Waals surface area contributed by atoms with Crippen LogP contribution in [0.15, 0.2) is 70.5 Å². The number of anilines is 2. The third-order valence-electron chi connectivity index (χ3n) is 8.22. The van der Waals surface area contributed by atoms with Crippen LogP contribution in [0.1, 0.15) is 43.9 Å². The van der Waals surface area contributed by atoms with Gasteiger partial charge in [0, 0.05) is 59.9 Å². The first-order chi connectivity index (χ1) is 21.8. The molecule has 0 bridgehead atoms. The quantitative estimate of drug-likeness (QED) is 0.267. The third kappa shape index (κ3) is 7.12. The summed E-state index contributed by atoms with van der Waals surface area (Å²) in [6, 6.07) is 17.5. The number of amides is 4. The van der Waals surface area contributed by atoms with Crippen LogP contribution in [-0.4, -0.2) is 68.8 Å². The summed E-state index contributed by atoms with van der Waals surface area (Å²) in [6.45, 7) is 2.82. The van der Waals surface area contributed by atoms with Gasteiger partial charge in [-0.15, -0.1) is 21.5 Å². The maximum absolute atomic E-state index is 13.1. The highest BCUT2D eigenvalue weighted by molar-refractivity contribution is 7.10. The smallest absolute Gasteiger partial charge is 0.248 e. The summed E-state index contributed by atoms with van der Waals surface area (Å²) in [5, 5.41) is 16.1. The van der Waals surface area contributed by atoms with E-state index < -0.39 is 6.04 Å². The molecule has 0 radical (unpaired) electrons. The number of hydrogen-bond acceptors (Lipinski definition) is 8. The molecule has 2 aliphatic heterocycles. The van der Waals surface area contributed by atoms with Crippen LogP contribution in [0.4, 0.5) is 11.4 Å². The predicted molar refractivity (Wildman–Crippen MR) is 170 cm³/mol. The standard InChI is InChI=1S/C33H34N6O5S/c1-21(40)38-16-2-5-26(38)19-29(41)34-24-12-8-22(9-13-24)32-36-37-33(44-32)23-10-14-25(15-11-23)35-31(43)28-7-3-17-39(28)30(42)20-27-6-4-18-45-27/h4,6,8-15,18,26,28H,2-3,5,7,16-17,19-20H2,1H3,(H,34,41)(H,35,43)/t26-,28-/m0/s1. The number of benzene rings is 2. The van der Waals surface area contributed by atoms with Crippen LogP contribution in [0.5, 0.6) is 0 Å². The number of rotatable bonds is 9. The molecule has 232 valence electrons. The first kappa shape index (κ1) is 30.2. The molecular weight excluding hydrogens is 592 g/mol. The summed E-state index contributed by atoms with van der Waals surface area (Å²) in [5.41, 5.74) is 2.64. The minimum atomic E-state index is -0.486. The number of hydrogen-bond donors (Lipinski definition) is 2. The van der Waals surface area contributed by atoms with E-state index in [1.807, 2.05) is 17.5 Å². The number of likely N-dealkylation sites (tertiary alicyclic amines) is 2. The zero-order valence-electron chi connectivity index (χ0n) is 24.9. The Morgan fingerprint density at radius 2 is 1.47 bits per heavy atom. The van der Waals surface area contributed by atoms with Crippen molar-refractivity contribution in [1.29, 1.82) is 0 Å². The second kappa shape index (κ2) is 13.4. The molecule has 4 amide bonds. The molecule has 0 saturated carbocycles. The number of carbonyl (C=O) groups excluding carboxylic acids is 4. The molecule has 45 heavy (non-hydrogen) atoms. The Bertz CT molecular complexity index is 1670. The van der Waals surface area contributed by atoms with Crippen molar-refractivity contribution in [3.05, 3.63) is 70.9 Å². The Morgan fingerprint density at radius 1 is 0.844 bits per heavy atom. The maximum atomic E-state index is 13.1. The summed E-state index contributed by atoms with van der Waals surface area (Å²) >= 11 is 1.54. The van der Waals surface area contributed by atoms with Crippen LogP contribution in [0.3, 0.4) is 0 Å². The van der Waals surface area contributed by atoms with Gasteiger partial charge in [-0.1, -0.05) is 6.07 Å². The average molecular weight is 627 g/mol. The second-order valence-electron chi connectivity index (χ2n) is 11.3. The van der Waals surface area contributed by atoms with Gasteiger partial charge in [0.15, 0.2) is 0 Å². The van der Waals surface area contributed by atoms with Crippen molar-refractivity contribution in [1.82, 2.24) is 20.0 Å². The molecule has 6 rings (SSSR count). The minimum absolute atomic E-state index is 0.00177. The van der Waals surface area contributed by atoms with E-state index in [9.17, 15) is 19.2 Å².